The number of rotatable bonds is 5. The molecule has 2 aromatic rings. The van der Waals surface area contributed by atoms with Gasteiger partial charge in [0.25, 0.3) is 0 Å². The van der Waals surface area contributed by atoms with Gasteiger partial charge in [-0.05, 0) is 23.3 Å². The lowest BCUT2D eigenvalue weighted by Crippen LogP contribution is -2.28. The molecule has 0 aromatic heterocycles. The van der Waals surface area contributed by atoms with E-state index in [-0.39, 0.29) is 6.54 Å². The standard InChI is InChI=1S/C15H13F2NO2/c16-12-7-6-10(8-13(12)17)9-18-14(15(19)20)11-4-2-1-3-5-11/h1-8,14,18H,9H2,(H,19,20). The number of carbonyl (C=O) groups is 1. The molecule has 2 aromatic carbocycles. The average molecular weight is 277 g/mol. The Bertz CT molecular complexity index is 602. The van der Waals surface area contributed by atoms with Crippen molar-refractivity contribution in [1.29, 1.82) is 0 Å². The molecule has 1 unspecified atom stereocenters. The van der Waals surface area contributed by atoms with Crippen molar-refractivity contribution in [2.24, 2.45) is 0 Å². The third-order valence-electron chi connectivity index (χ3n) is 2.87. The first-order valence-corrected chi connectivity index (χ1v) is 6.03. The van der Waals surface area contributed by atoms with E-state index in [2.05, 4.69) is 5.32 Å². The highest BCUT2D eigenvalue weighted by Gasteiger charge is 2.18. The molecular formula is C15H13F2NO2. The van der Waals surface area contributed by atoms with Gasteiger partial charge in [0.05, 0.1) is 0 Å². The van der Waals surface area contributed by atoms with Crippen molar-refractivity contribution in [3.8, 4) is 0 Å². The van der Waals surface area contributed by atoms with Gasteiger partial charge in [0.2, 0.25) is 0 Å². The average Bonchev–Trinajstić information content (AvgIpc) is 2.44. The summed E-state index contributed by atoms with van der Waals surface area (Å²) in [7, 11) is 0. The summed E-state index contributed by atoms with van der Waals surface area (Å²) in [5.74, 6) is -2.90. The number of halogens is 2. The second-order valence-corrected chi connectivity index (χ2v) is 4.31. The summed E-state index contributed by atoms with van der Waals surface area (Å²) in [5.41, 5.74) is 1.08. The van der Waals surface area contributed by atoms with E-state index in [1.165, 1.54) is 6.07 Å². The molecule has 0 saturated carbocycles. The van der Waals surface area contributed by atoms with Gasteiger partial charge >= 0.3 is 5.97 Å². The fourth-order valence-electron chi connectivity index (χ4n) is 1.86. The lowest BCUT2D eigenvalue weighted by molar-refractivity contribution is -0.139. The van der Waals surface area contributed by atoms with Crippen LogP contribution in [0.25, 0.3) is 0 Å². The van der Waals surface area contributed by atoms with Crippen molar-refractivity contribution in [2.75, 3.05) is 0 Å². The minimum Gasteiger partial charge on any atom is -0.480 e. The minimum absolute atomic E-state index is 0.128. The van der Waals surface area contributed by atoms with Crippen LogP contribution in [-0.2, 0) is 11.3 Å². The zero-order chi connectivity index (χ0) is 14.5. The first-order valence-electron chi connectivity index (χ1n) is 6.03. The van der Waals surface area contributed by atoms with Crippen LogP contribution in [0.15, 0.2) is 48.5 Å². The second kappa shape index (κ2) is 6.25. The smallest absolute Gasteiger partial charge is 0.325 e. The van der Waals surface area contributed by atoms with Crippen LogP contribution in [0.4, 0.5) is 8.78 Å². The molecule has 2 rings (SSSR count). The number of hydrogen-bond acceptors (Lipinski definition) is 2. The highest BCUT2D eigenvalue weighted by Crippen LogP contribution is 2.15. The summed E-state index contributed by atoms with van der Waals surface area (Å²) < 4.78 is 25.9. The molecule has 0 radical (unpaired) electrons. The predicted molar refractivity (Wildman–Crippen MR) is 70.0 cm³/mol. The fraction of sp³-hybridized carbons (Fsp3) is 0.133. The summed E-state index contributed by atoms with van der Waals surface area (Å²) >= 11 is 0. The molecule has 0 bridgehead atoms. The summed E-state index contributed by atoms with van der Waals surface area (Å²) in [6, 6.07) is 11.2. The van der Waals surface area contributed by atoms with E-state index >= 15 is 0 Å². The summed E-state index contributed by atoms with van der Waals surface area (Å²) in [6.07, 6.45) is 0. The summed E-state index contributed by atoms with van der Waals surface area (Å²) in [6.45, 7) is 0.128. The predicted octanol–water partition coefficient (Wildman–Crippen LogP) is 2.88. The molecule has 0 spiro atoms. The van der Waals surface area contributed by atoms with Crippen molar-refractivity contribution in [3.05, 3.63) is 71.3 Å². The number of carboxylic acids is 1. The van der Waals surface area contributed by atoms with Crippen molar-refractivity contribution < 1.29 is 18.7 Å². The van der Waals surface area contributed by atoms with Gasteiger partial charge in [0, 0.05) is 6.54 Å². The van der Waals surface area contributed by atoms with E-state index < -0.39 is 23.6 Å². The third-order valence-corrected chi connectivity index (χ3v) is 2.87. The third kappa shape index (κ3) is 3.39. The Balaban J connectivity index is 2.10. The normalized spacial score (nSPS) is 12.1. The number of hydrogen-bond donors (Lipinski definition) is 2. The van der Waals surface area contributed by atoms with Crippen LogP contribution in [0.5, 0.6) is 0 Å². The zero-order valence-corrected chi connectivity index (χ0v) is 10.5. The Kier molecular flexibility index (Phi) is 4.42. The molecule has 0 aliphatic carbocycles. The van der Waals surface area contributed by atoms with Crippen LogP contribution in [-0.4, -0.2) is 11.1 Å². The van der Waals surface area contributed by atoms with Gasteiger partial charge in [-0.2, -0.15) is 0 Å². The van der Waals surface area contributed by atoms with E-state index in [1.54, 1.807) is 30.3 Å². The van der Waals surface area contributed by atoms with Crippen molar-refractivity contribution in [2.45, 2.75) is 12.6 Å². The molecule has 2 N–H and O–H groups in total. The van der Waals surface area contributed by atoms with Crippen LogP contribution in [0.2, 0.25) is 0 Å². The van der Waals surface area contributed by atoms with E-state index in [0.717, 1.165) is 12.1 Å². The maximum absolute atomic E-state index is 13.1. The first kappa shape index (κ1) is 14.1. The van der Waals surface area contributed by atoms with E-state index in [0.29, 0.717) is 11.1 Å². The van der Waals surface area contributed by atoms with Crippen molar-refractivity contribution in [3.63, 3.8) is 0 Å². The molecular weight excluding hydrogens is 264 g/mol. The van der Waals surface area contributed by atoms with Gasteiger partial charge in [-0.3, -0.25) is 10.1 Å². The van der Waals surface area contributed by atoms with Crippen LogP contribution in [0, 0.1) is 11.6 Å². The number of carboxylic acid groups (broad SMARTS) is 1. The van der Waals surface area contributed by atoms with E-state index in [9.17, 15) is 18.7 Å². The molecule has 5 heteroatoms. The molecule has 0 amide bonds. The number of nitrogens with one attached hydrogen (secondary N) is 1. The Morgan fingerprint density at radius 3 is 2.40 bits per heavy atom. The van der Waals surface area contributed by atoms with Gasteiger partial charge in [-0.25, -0.2) is 8.78 Å². The maximum Gasteiger partial charge on any atom is 0.325 e. The Hall–Kier alpha value is -2.27. The monoisotopic (exact) mass is 277 g/mol. The quantitative estimate of drug-likeness (QED) is 0.883. The van der Waals surface area contributed by atoms with E-state index in [1.807, 2.05) is 0 Å². The molecule has 0 aliphatic heterocycles. The molecule has 104 valence electrons. The molecule has 0 heterocycles. The fourth-order valence-corrected chi connectivity index (χ4v) is 1.86. The SMILES string of the molecule is O=C(O)C(NCc1ccc(F)c(F)c1)c1ccccc1. The summed E-state index contributed by atoms with van der Waals surface area (Å²) in [5, 5.41) is 12.0. The Morgan fingerprint density at radius 1 is 1.10 bits per heavy atom. The highest BCUT2D eigenvalue weighted by molar-refractivity contribution is 5.75. The number of aliphatic carboxylic acids is 1. The van der Waals surface area contributed by atoms with Crippen LogP contribution in [0.1, 0.15) is 17.2 Å². The molecule has 0 aliphatic rings. The molecule has 3 nitrogen and oxygen atoms in total. The van der Waals surface area contributed by atoms with Gasteiger partial charge in [0.15, 0.2) is 11.6 Å². The van der Waals surface area contributed by atoms with Crippen LogP contribution >= 0.6 is 0 Å². The van der Waals surface area contributed by atoms with Gasteiger partial charge in [-0.1, -0.05) is 36.4 Å². The molecule has 0 fully saturated rings. The van der Waals surface area contributed by atoms with Gasteiger partial charge in [-0.15, -0.1) is 0 Å². The lowest BCUT2D eigenvalue weighted by atomic mass is 10.1. The molecule has 0 saturated heterocycles. The summed E-state index contributed by atoms with van der Waals surface area (Å²) in [4.78, 5) is 11.2. The molecule has 1 atom stereocenters. The largest absolute Gasteiger partial charge is 0.480 e. The van der Waals surface area contributed by atoms with Gasteiger partial charge in [0.1, 0.15) is 6.04 Å². The van der Waals surface area contributed by atoms with Crippen LogP contribution < -0.4 is 5.32 Å². The van der Waals surface area contributed by atoms with Crippen LogP contribution in [0.3, 0.4) is 0 Å². The Morgan fingerprint density at radius 2 is 1.80 bits per heavy atom. The van der Waals surface area contributed by atoms with E-state index in [4.69, 9.17) is 0 Å². The second-order valence-electron chi connectivity index (χ2n) is 4.31. The zero-order valence-electron chi connectivity index (χ0n) is 10.5. The lowest BCUT2D eigenvalue weighted by Gasteiger charge is -2.15. The minimum atomic E-state index is -1.03. The topological polar surface area (TPSA) is 49.3 Å². The Labute approximate surface area is 114 Å². The number of benzene rings is 2. The van der Waals surface area contributed by atoms with Crippen molar-refractivity contribution >= 4 is 5.97 Å². The van der Waals surface area contributed by atoms with Gasteiger partial charge < -0.3 is 5.11 Å². The van der Waals surface area contributed by atoms with Crippen molar-refractivity contribution in [1.82, 2.24) is 5.32 Å². The molecule has 20 heavy (non-hydrogen) atoms. The first-order chi connectivity index (χ1) is 9.58. The maximum atomic E-state index is 13.1. The highest BCUT2D eigenvalue weighted by atomic mass is 19.2.